The maximum atomic E-state index is 11.4. The Bertz CT molecular complexity index is 520. The van der Waals surface area contributed by atoms with E-state index in [1.165, 1.54) is 44.2 Å². The molecule has 1 saturated heterocycles. The van der Waals surface area contributed by atoms with Gasteiger partial charge in [-0.15, -0.1) is 0 Å². The van der Waals surface area contributed by atoms with Crippen LogP contribution in [0.2, 0.25) is 5.02 Å². The van der Waals surface area contributed by atoms with Crippen LogP contribution in [0.3, 0.4) is 0 Å². The van der Waals surface area contributed by atoms with Crippen LogP contribution in [-0.4, -0.2) is 31.1 Å². The van der Waals surface area contributed by atoms with Crippen molar-refractivity contribution in [3.05, 3.63) is 34.3 Å². The van der Waals surface area contributed by atoms with Gasteiger partial charge in [0.15, 0.2) is 0 Å². The van der Waals surface area contributed by atoms with Crippen LogP contribution in [0.1, 0.15) is 42.7 Å². The van der Waals surface area contributed by atoms with Crippen molar-refractivity contribution in [2.75, 3.05) is 20.2 Å². The highest BCUT2D eigenvalue weighted by atomic mass is 35.5. The van der Waals surface area contributed by atoms with Crippen LogP contribution in [-0.2, 0) is 16.1 Å². The Morgan fingerprint density at radius 3 is 2.67 bits per heavy atom. The SMILES string of the molecule is COC(=O)C1CC(c2ccc(CN3CCCC3)c(Cl)c2)C1. The summed E-state index contributed by atoms with van der Waals surface area (Å²) < 4.78 is 4.79. The summed E-state index contributed by atoms with van der Waals surface area (Å²) in [5.74, 6) is 0.443. The van der Waals surface area contributed by atoms with Gasteiger partial charge in [-0.1, -0.05) is 23.7 Å². The Morgan fingerprint density at radius 2 is 2.05 bits per heavy atom. The van der Waals surface area contributed by atoms with Gasteiger partial charge >= 0.3 is 5.97 Å². The van der Waals surface area contributed by atoms with Crippen LogP contribution in [0, 0.1) is 5.92 Å². The number of carbonyl (C=O) groups is 1. The number of esters is 1. The van der Waals surface area contributed by atoms with Crippen molar-refractivity contribution in [2.45, 2.75) is 38.1 Å². The van der Waals surface area contributed by atoms with E-state index in [0.717, 1.165) is 24.4 Å². The maximum absolute atomic E-state index is 11.4. The first-order chi connectivity index (χ1) is 10.2. The van der Waals surface area contributed by atoms with E-state index in [4.69, 9.17) is 16.3 Å². The number of hydrogen-bond donors (Lipinski definition) is 0. The second-order valence-electron chi connectivity index (χ2n) is 6.22. The van der Waals surface area contributed by atoms with Gasteiger partial charge < -0.3 is 4.74 Å². The molecule has 0 atom stereocenters. The van der Waals surface area contributed by atoms with Crippen molar-refractivity contribution in [2.24, 2.45) is 5.92 Å². The molecule has 2 aliphatic rings. The van der Waals surface area contributed by atoms with E-state index in [1.54, 1.807) is 0 Å². The Kier molecular flexibility index (Phi) is 4.51. The van der Waals surface area contributed by atoms with Crippen LogP contribution < -0.4 is 0 Å². The van der Waals surface area contributed by atoms with Crippen LogP contribution in [0.25, 0.3) is 0 Å². The van der Waals surface area contributed by atoms with Gasteiger partial charge in [0, 0.05) is 11.6 Å². The summed E-state index contributed by atoms with van der Waals surface area (Å²) in [4.78, 5) is 13.9. The van der Waals surface area contributed by atoms with E-state index in [-0.39, 0.29) is 11.9 Å². The first-order valence-electron chi connectivity index (χ1n) is 7.76. The molecule has 21 heavy (non-hydrogen) atoms. The fourth-order valence-electron chi connectivity index (χ4n) is 3.38. The molecule has 1 aromatic rings. The van der Waals surface area contributed by atoms with Crippen molar-refractivity contribution < 1.29 is 9.53 Å². The van der Waals surface area contributed by atoms with Crippen LogP contribution >= 0.6 is 11.6 Å². The highest BCUT2D eigenvalue weighted by Gasteiger charge is 2.36. The third-order valence-electron chi connectivity index (χ3n) is 4.81. The van der Waals surface area contributed by atoms with Crippen LogP contribution in [0.15, 0.2) is 18.2 Å². The number of rotatable bonds is 4. The molecule has 3 rings (SSSR count). The number of hydrogen-bond acceptors (Lipinski definition) is 3. The molecule has 0 unspecified atom stereocenters. The molecular formula is C17H22ClNO2. The Morgan fingerprint density at radius 1 is 1.33 bits per heavy atom. The van der Waals surface area contributed by atoms with E-state index in [0.29, 0.717) is 5.92 Å². The minimum absolute atomic E-state index is 0.0723. The standard InChI is InChI=1S/C17H22ClNO2/c1-21-17(20)15-8-14(9-15)12-4-5-13(16(18)10-12)11-19-6-2-3-7-19/h4-5,10,14-15H,2-3,6-9,11H2,1H3. The number of likely N-dealkylation sites (tertiary alicyclic amines) is 1. The summed E-state index contributed by atoms with van der Waals surface area (Å²) in [5.41, 5.74) is 2.47. The van der Waals surface area contributed by atoms with Gasteiger partial charge in [-0.2, -0.15) is 0 Å². The van der Waals surface area contributed by atoms with Crippen LogP contribution in [0.4, 0.5) is 0 Å². The highest BCUT2D eigenvalue weighted by molar-refractivity contribution is 6.31. The number of ether oxygens (including phenoxy) is 1. The van der Waals surface area contributed by atoms with Gasteiger partial charge in [0.25, 0.3) is 0 Å². The average Bonchev–Trinajstić information content (AvgIpc) is 2.93. The fourth-order valence-corrected chi connectivity index (χ4v) is 3.63. The van der Waals surface area contributed by atoms with E-state index in [9.17, 15) is 4.79 Å². The fraction of sp³-hybridized carbons (Fsp3) is 0.588. The molecule has 0 spiro atoms. The molecule has 1 aliphatic heterocycles. The summed E-state index contributed by atoms with van der Waals surface area (Å²) in [7, 11) is 1.46. The minimum atomic E-state index is -0.0806. The summed E-state index contributed by atoms with van der Waals surface area (Å²) in [5, 5.41) is 0.862. The largest absolute Gasteiger partial charge is 0.469 e. The van der Waals surface area contributed by atoms with Crippen molar-refractivity contribution in [3.8, 4) is 0 Å². The smallest absolute Gasteiger partial charge is 0.308 e. The van der Waals surface area contributed by atoms with Gasteiger partial charge in [-0.25, -0.2) is 0 Å². The quantitative estimate of drug-likeness (QED) is 0.796. The highest BCUT2D eigenvalue weighted by Crippen LogP contribution is 2.43. The lowest BCUT2D eigenvalue weighted by molar-refractivity contribution is -0.148. The number of carbonyl (C=O) groups excluding carboxylic acids is 1. The molecule has 114 valence electrons. The van der Waals surface area contributed by atoms with Crippen molar-refractivity contribution >= 4 is 17.6 Å². The number of benzene rings is 1. The average molecular weight is 308 g/mol. The van der Waals surface area contributed by atoms with E-state index in [2.05, 4.69) is 23.1 Å². The predicted octanol–water partition coefficient (Wildman–Crippen LogP) is 3.60. The van der Waals surface area contributed by atoms with E-state index >= 15 is 0 Å². The van der Waals surface area contributed by atoms with Crippen molar-refractivity contribution in [1.29, 1.82) is 0 Å². The van der Waals surface area contributed by atoms with Crippen LogP contribution in [0.5, 0.6) is 0 Å². The van der Waals surface area contributed by atoms with Gasteiger partial charge in [0.05, 0.1) is 13.0 Å². The number of methoxy groups -OCH3 is 1. The van der Waals surface area contributed by atoms with Gasteiger partial charge in [-0.3, -0.25) is 9.69 Å². The molecule has 0 bridgehead atoms. The van der Waals surface area contributed by atoms with Gasteiger partial charge in [0.2, 0.25) is 0 Å². The Hall–Kier alpha value is -1.06. The maximum Gasteiger partial charge on any atom is 0.308 e. The summed E-state index contributed by atoms with van der Waals surface area (Å²) >= 11 is 6.44. The molecule has 1 saturated carbocycles. The normalized spacial score (nSPS) is 25.6. The zero-order chi connectivity index (χ0) is 14.8. The zero-order valence-electron chi connectivity index (χ0n) is 12.5. The molecule has 1 aromatic carbocycles. The van der Waals surface area contributed by atoms with E-state index in [1.807, 2.05) is 0 Å². The minimum Gasteiger partial charge on any atom is -0.469 e. The Balaban J connectivity index is 1.61. The topological polar surface area (TPSA) is 29.5 Å². The zero-order valence-corrected chi connectivity index (χ0v) is 13.2. The Labute approximate surface area is 131 Å². The van der Waals surface area contributed by atoms with Gasteiger partial charge in [0.1, 0.15) is 0 Å². The third kappa shape index (κ3) is 3.24. The van der Waals surface area contributed by atoms with E-state index < -0.39 is 0 Å². The first kappa shape index (κ1) is 14.9. The lowest BCUT2D eigenvalue weighted by Gasteiger charge is -2.33. The first-order valence-corrected chi connectivity index (χ1v) is 8.13. The number of halogens is 1. The van der Waals surface area contributed by atoms with Crippen molar-refractivity contribution in [1.82, 2.24) is 4.90 Å². The van der Waals surface area contributed by atoms with Gasteiger partial charge in [-0.05, 0) is 61.9 Å². The second kappa shape index (κ2) is 6.37. The summed E-state index contributed by atoms with van der Waals surface area (Å²) in [6, 6.07) is 6.42. The molecule has 0 N–H and O–H groups in total. The lowest BCUT2D eigenvalue weighted by atomic mass is 9.71. The molecule has 0 radical (unpaired) electrons. The molecule has 3 nitrogen and oxygen atoms in total. The summed E-state index contributed by atoms with van der Waals surface area (Å²) in [6.45, 7) is 3.32. The lowest BCUT2D eigenvalue weighted by Crippen LogP contribution is -2.29. The molecule has 1 heterocycles. The third-order valence-corrected chi connectivity index (χ3v) is 5.17. The predicted molar refractivity (Wildman–Crippen MR) is 83.4 cm³/mol. The molecule has 0 aromatic heterocycles. The molecule has 0 amide bonds. The molecule has 2 fully saturated rings. The molecular weight excluding hydrogens is 286 g/mol. The van der Waals surface area contributed by atoms with Crippen molar-refractivity contribution in [3.63, 3.8) is 0 Å². The summed E-state index contributed by atoms with van der Waals surface area (Å²) in [6.07, 6.45) is 4.36. The molecule has 4 heteroatoms. The molecule has 1 aliphatic carbocycles. The number of nitrogens with zero attached hydrogens (tertiary/aromatic N) is 1. The monoisotopic (exact) mass is 307 g/mol. The second-order valence-corrected chi connectivity index (χ2v) is 6.63.